The van der Waals surface area contributed by atoms with Crippen LogP contribution in [0.3, 0.4) is 0 Å². The number of hydrogen-bond acceptors (Lipinski definition) is 1. The zero-order valence-corrected chi connectivity index (χ0v) is 15.7. The minimum Gasteiger partial charge on any atom is -0.720 e. The van der Waals surface area contributed by atoms with Gasteiger partial charge in [-0.05, 0) is 12.6 Å². The first-order chi connectivity index (χ1) is 11.8. The second-order valence-corrected chi connectivity index (χ2v) is 5.58. The van der Waals surface area contributed by atoms with Crippen molar-refractivity contribution in [2.45, 2.75) is 6.42 Å². The van der Waals surface area contributed by atoms with Gasteiger partial charge in [0.25, 0.3) is 0 Å². The Morgan fingerprint density at radius 1 is 1.12 bits per heavy atom. The molecule has 3 heterocycles. The first-order valence-electron chi connectivity index (χ1n) is 7.71. The summed E-state index contributed by atoms with van der Waals surface area (Å²) in [4.78, 5) is 8.63. The smallest absolute Gasteiger partial charge is 0.241 e. The van der Waals surface area contributed by atoms with E-state index < -0.39 is 0 Å². The number of pyridine rings is 1. The summed E-state index contributed by atoms with van der Waals surface area (Å²) >= 11 is 0. The van der Waals surface area contributed by atoms with E-state index in [1.807, 2.05) is 58.9 Å². The molecule has 3 aromatic heterocycles. The van der Waals surface area contributed by atoms with Crippen LogP contribution in [0.5, 0.6) is 0 Å². The Morgan fingerprint density at radius 2 is 2.00 bits per heavy atom. The van der Waals surface area contributed by atoms with Crippen LogP contribution in [0.15, 0.2) is 61.2 Å². The number of rotatable bonds is 4. The number of hydrogen-bond donors (Lipinski definition) is 0. The number of nitrogens with zero attached hydrogens (tertiary/aromatic N) is 4. The van der Waals surface area contributed by atoms with Crippen LogP contribution in [-0.2, 0) is 35.8 Å². The zero-order valence-electron chi connectivity index (χ0n) is 13.6. The number of imidazole rings is 1. The zero-order chi connectivity index (χ0) is 16.4. The van der Waals surface area contributed by atoms with Gasteiger partial charge in [0, 0.05) is 34.8 Å². The third kappa shape index (κ3) is 3.99. The molecule has 0 amide bonds. The quantitative estimate of drug-likeness (QED) is 0.241. The molecule has 5 heteroatoms. The van der Waals surface area contributed by atoms with Crippen molar-refractivity contribution in [1.29, 1.82) is 0 Å². The van der Waals surface area contributed by atoms with Crippen molar-refractivity contribution < 1.29 is 26.9 Å². The average Bonchev–Trinajstić information content (AvgIpc) is 3.27. The minimum atomic E-state index is 0. The predicted octanol–water partition coefficient (Wildman–Crippen LogP) is 2.31. The van der Waals surface area contributed by atoms with Gasteiger partial charge < -0.3 is 14.1 Å². The molecule has 0 unspecified atom stereocenters. The SMILES string of the molecule is C[n+]1[c-]n(-c2[c-]c(Cc3[c-]c(-c4ccc[n-]4)ncc3)ccc2)cc1.[Au]. The largest absolute Gasteiger partial charge is 0.720 e. The van der Waals surface area contributed by atoms with Gasteiger partial charge in [-0.3, -0.25) is 4.98 Å². The fourth-order valence-corrected chi connectivity index (χ4v) is 2.59. The Labute approximate surface area is 162 Å². The molecule has 0 spiro atoms. The van der Waals surface area contributed by atoms with E-state index in [1.54, 1.807) is 12.4 Å². The Morgan fingerprint density at radius 3 is 2.76 bits per heavy atom. The molecule has 0 fully saturated rings. The summed E-state index contributed by atoms with van der Waals surface area (Å²) in [6.07, 6.45) is 11.4. The van der Waals surface area contributed by atoms with Crippen molar-refractivity contribution in [3.05, 3.63) is 90.8 Å². The molecule has 4 nitrogen and oxygen atoms in total. The van der Waals surface area contributed by atoms with E-state index in [0.717, 1.165) is 34.6 Å². The van der Waals surface area contributed by atoms with Gasteiger partial charge in [0.2, 0.25) is 6.33 Å². The van der Waals surface area contributed by atoms with E-state index >= 15 is 0 Å². The third-order valence-electron chi connectivity index (χ3n) is 3.74. The van der Waals surface area contributed by atoms with Crippen LogP contribution >= 0.6 is 0 Å². The van der Waals surface area contributed by atoms with Crippen LogP contribution in [0.1, 0.15) is 11.1 Å². The van der Waals surface area contributed by atoms with Gasteiger partial charge in [-0.2, -0.15) is 47.7 Å². The van der Waals surface area contributed by atoms with E-state index in [9.17, 15) is 0 Å². The van der Waals surface area contributed by atoms with Crippen LogP contribution in [0.2, 0.25) is 0 Å². The molecule has 0 saturated carbocycles. The Balaban J connectivity index is 0.00000182. The van der Waals surface area contributed by atoms with Crippen LogP contribution < -0.4 is 9.55 Å². The molecule has 25 heavy (non-hydrogen) atoms. The van der Waals surface area contributed by atoms with E-state index in [0.29, 0.717) is 0 Å². The second kappa shape index (κ2) is 7.66. The van der Waals surface area contributed by atoms with Gasteiger partial charge in [0.05, 0.1) is 7.05 Å². The fraction of sp³-hybridized carbons (Fsp3) is 0.100. The first kappa shape index (κ1) is 17.4. The van der Waals surface area contributed by atoms with Crippen LogP contribution in [0, 0.1) is 18.5 Å². The Kier molecular flexibility index (Phi) is 5.34. The monoisotopic (exact) mass is 508 g/mol. The van der Waals surface area contributed by atoms with Gasteiger partial charge in [0.15, 0.2) is 0 Å². The van der Waals surface area contributed by atoms with Crippen LogP contribution in [0.4, 0.5) is 0 Å². The maximum atomic E-state index is 4.35. The van der Waals surface area contributed by atoms with E-state index in [2.05, 4.69) is 34.5 Å². The minimum absolute atomic E-state index is 0. The average molecular weight is 508 g/mol. The normalized spacial score (nSPS) is 10.4. The van der Waals surface area contributed by atoms with Crippen molar-refractivity contribution in [3.63, 3.8) is 0 Å². The molecule has 0 saturated heterocycles. The molecular weight excluding hydrogens is 493 g/mol. The summed E-state index contributed by atoms with van der Waals surface area (Å²) in [7, 11) is 1.95. The molecule has 1 radical (unpaired) electrons. The summed E-state index contributed by atoms with van der Waals surface area (Å²) in [5, 5.41) is 0. The molecule has 0 aliphatic carbocycles. The van der Waals surface area contributed by atoms with Crippen molar-refractivity contribution in [1.82, 2.24) is 14.5 Å². The van der Waals surface area contributed by atoms with Crippen LogP contribution in [-0.4, -0.2) is 9.55 Å². The predicted molar refractivity (Wildman–Crippen MR) is 89.3 cm³/mol. The van der Waals surface area contributed by atoms with Crippen molar-refractivity contribution in [3.8, 4) is 17.1 Å². The molecule has 0 atom stereocenters. The first-order valence-corrected chi connectivity index (χ1v) is 7.71. The van der Waals surface area contributed by atoms with E-state index in [1.165, 1.54) is 0 Å². The maximum absolute atomic E-state index is 4.35. The summed E-state index contributed by atoms with van der Waals surface area (Å²) < 4.78 is 3.81. The van der Waals surface area contributed by atoms with Crippen molar-refractivity contribution in [2.75, 3.05) is 0 Å². The van der Waals surface area contributed by atoms with Crippen LogP contribution in [0.25, 0.3) is 17.1 Å². The standard InChI is InChI=1S/C20H15N4.Au/c1-23-10-11-24(15-23)18-5-2-4-16(13-18)12-17-7-9-22-20(14-17)19-6-3-8-21-19;/h2-11H,12H2,1H3;/q-3;. The van der Waals surface area contributed by atoms with Gasteiger partial charge in [0.1, 0.15) is 0 Å². The van der Waals surface area contributed by atoms with Gasteiger partial charge >= 0.3 is 0 Å². The molecule has 0 bridgehead atoms. The van der Waals surface area contributed by atoms with E-state index in [4.69, 9.17) is 0 Å². The topological polar surface area (TPSA) is 35.8 Å². The molecule has 129 valence electrons. The van der Waals surface area contributed by atoms with Gasteiger partial charge in [-0.1, -0.05) is 17.4 Å². The van der Waals surface area contributed by atoms with Crippen molar-refractivity contribution in [2.24, 2.45) is 7.05 Å². The number of aromatic nitrogens is 4. The molecule has 1 aromatic carbocycles. The fourth-order valence-electron chi connectivity index (χ4n) is 2.59. The van der Waals surface area contributed by atoms with Gasteiger partial charge in [-0.15, -0.1) is 12.1 Å². The Bertz CT molecular complexity index is 957. The summed E-state index contributed by atoms with van der Waals surface area (Å²) in [5.41, 5.74) is 4.77. The Hall–Kier alpha value is -2.40. The summed E-state index contributed by atoms with van der Waals surface area (Å²) in [6, 6.07) is 18.7. The molecule has 4 rings (SSSR count). The molecule has 0 N–H and O–H groups in total. The molecular formula is C20H15AuN4-3. The van der Waals surface area contributed by atoms with Crippen molar-refractivity contribution >= 4 is 0 Å². The maximum Gasteiger partial charge on any atom is 0.241 e. The molecule has 0 aliphatic heterocycles. The molecule has 4 aromatic rings. The molecule has 0 aliphatic rings. The third-order valence-corrected chi connectivity index (χ3v) is 3.74. The number of benzene rings is 1. The van der Waals surface area contributed by atoms with E-state index in [-0.39, 0.29) is 22.4 Å². The summed E-state index contributed by atoms with van der Waals surface area (Å²) in [6.45, 7) is 0. The number of aryl methyl sites for hydroxylation is 1. The van der Waals surface area contributed by atoms with Gasteiger partial charge in [-0.25, -0.2) is 5.69 Å². The second-order valence-electron chi connectivity index (χ2n) is 5.58. The summed E-state index contributed by atoms with van der Waals surface area (Å²) in [5.74, 6) is 0.